The highest BCUT2D eigenvalue weighted by Gasteiger charge is 2.09. The Morgan fingerprint density at radius 3 is 1.46 bits per heavy atom. The van der Waals surface area contributed by atoms with Crippen molar-refractivity contribution in [3.05, 3.63) is 60.7 Å². The van der Waals surface area contributed by atoms with Crippen molar-refractivity contribution in [1.29, 1.82) is 0 Å². The van der Waals surface area contributed by atoms with E-state index in [2.05, 4.69) is 13.2 Å². The minimum absolute atomic E-state index is 0.131. The van der Waals surface area contributed by atoms with Crippen LogP contribution in [0.2, 0.25) is 0 Å². The Morgan fingerprint density at radius 1 is 0.714 bits per heavy atom. The molecule has 0 aliphatic heterocycles. The van der Waals surface area contributed by atoms with E-state index in [-0.39, 0.29) is 26.4 Å². The van der Waals surface area contributed by atoms with Crippen LogP contribution in [-0.2, 0) is 19.1 Å². The van der Waals surface area contributed by atoms with Crippen molar-refractivity contribution in [2.24, 2.45) is 0 Å². The van der Waals surface area contributed by atoms with Gasteiger partial charge in [-0.15, -0.1) is 0 Å². The molecule has 0 amide bonds. The van der Waals surface area contributed by atoms with Gasteiger partial charge in [0.1, 0.15) is 37.9 Å². The fourth-order valence-electron chi connectivity index (χ4n) is 2.31. The Labute approximate surface area is 164 Å². The Hall–Kier alpha value is -3.28. The maximum atomic E-state index is 11.4. The summed E-state index contributed by atoms with van der Waals surface area (Å²) in [6, 6.07) is 11.2. The number of carbonyl (C=O) groups is 2. The van der Waals surface area contributed by atoms with Gasteiger partial charge in [-0.3, -0.25) is 0 Å². The van der Waals surface area contributed by atoms with Gasteiger partial charge in [0.15, 0.2) is 0 Å². The molecule has 0 aromatic heterocycles. The molecular weight excluding hydrogens is 360 g/mol. The van der Waals surface area contributed by atoms with Gasteiger partial charge in [-0.1, -0.05) is 37.4 Å². The van der Waals surface area contributed by atoms with Gasteiger partial charge < -0.3 is 18.9 Å². The number of carbonyl (C=O) groups excluding carboxylic acids is 2. The number of esters is 2. The molecule has 0 bridgehead atoms. The molecule has 0 aliphatic carbocycles. The Balaban J connectivity index is 1.98. The first-order chi connectivity index (χ1) is 13.4. The third-order valence-corrected chi connectivity index (χ3v) is 3.69. The number of benzene rings is 2. The van der Waals surface area contributed by atoms with E-state index in [1.54, 1.807) is 26.0 Å². The second-order valence-electron chi connectivity index (χ2n) is 6.14. The zero-order chi connectivity index (χ0) is 20.5. The van der Waals surface area contributed by atoms with Crippen molar-refractivity contribution >= 4 is 22.7 Å². The van der Waals surface area contributed by atoms with Crippen molar-refractivity contribution in [3.63, 3.8) is 0 Å². The summed E-state index contributed by atoms with van der Waals surface area (Å²) >= 11 is 0. The lowest BCUT2D eigenvalue weighted by Gasteiger charge is -2.14. The minimum atomic E-state index is -0.440. The van der Waals surface area contributed by atoms with Gasteiger partial charge in [0.2, 0.25) is 0 Å². The summed E-state index contributed by atoms with van der Waals surface area (Å²) in [5.74, 6) is 0.431. The lowest BCUT2D eigenvalue weighted by Crippen LogP contribution is -2.13. The van der Waals surface area contributed by atoms with E-state index in [4.69, 9.17) is 18.9 Å². The molecule has 2 aromatic rings. The molecule has 0 radical (unpaired) electrons. The van der Waals surface area contributed by atoms with Gasteiger partial charge in [-0.25, -0.2) is 9.59 Å². The van der Waals surface area contributed by atoms with Crippen LogP contribution in [0.4, 0.5) is 0 Å². The number of rotatable bonds is 10. The van der Waals surface area contributed by atoms with Crippen molar-refractivity contribution in [3.8, 4) is 11.5 Å². The van der Waals surface area contributed by atoms with Gasteiger partial charge >= 0.3 is 11.9 Å². The van der Waals surface area contributed by atoms with Gasteiger partial charge in [0.25, 0.3) is 0 Å². The van der Waals surface area contributed by atoms with Crippen molar-refractivity contribution < 1.29 is 28.5 Å². The highest BCUT2D eigenvalue weighted by molar-refractivity contribution is 5.93. The van der Waals surface area contributed by atoms with Gasteiger partial charge in [0.05, 0.1) is 0 Å². The molecule has 28 heavy (non-hydrogen) atoms. The number of ether oxygens (including phenoxy) is 4. The molecule has 148 valence electrons. The lowest BCUT2D eigenvalue weighted by molar-refractivity contribution is -0.140. The zero-order valence-corrected chi connectivity index (χ0v) is 16.2. The van der Waals surface area contributed by atoms with E-state index >= 15 is 0 Å². The van der Waals surface area contributed by atoms with Crippen LogP contribution in [0.5, 0.6) is 11.5 Å². The Kier molecular flexibility index (Phi) is 7.63. The van der Waals surface area contributed by atoms with Crippen LogP contribution in [0, 0.1) is 0 Å². The molecule has 0 unspecified atom stereocenters. The zero-order valence-electron chi connectivity index (χ0n) is 16.2. The van der Waals surface area contributed by atoms with E-state index < -0.39 is 11.9 Å². The van der Waals surface area contributed by atoms with Crippen LogP contribution in [0.3, 0.4) is 0 Å². The van der Waals surface area contributed by atoms with Crippen molar-refractivity contribution in [2.45, 2.75) is 13.8 Å². The normalized spacial score (nSPS) is 10.2. The van der Waals surface area contributed by atoms with E-state index in [1.165, 1.54) is 0 Å². The third-order valence-electron chi connectivity index (χ3n) is 3.69. The summed E-state index contributed by atoms with van der Waals surface area (Å²) in [4.78, 5) is 22.8. The number of hydrogen-bond acceptors (Lipinski definition) is 6. The molecule has 2 aromatic carbocycles. The first kappa shape index (κ1) is 21.0. The smallest absolute Gasteiger partial charge is 0.333 e. The maximum absolute atomic E-state index is 11.4. The van der Waals surface area contributed by atoms with Gasteiger partial charge in [-0.05, 0) is 26.0 Å². The standard InChI is InChI=1S/C22H24O6/c1-15(2)21(23)27-13-11-25-19-9-10-20(18-8-6-5-7-17(18)19)26-12-14-28-22(24)16(3)4/h5-10H,1,3,11-14H2,2,4H3. The molecule has 0 heterocycles. The first-order valence-corrected chi connectivity index (χ1v) is 8.82. The number of hydrogen-bond donors (Lipinski definition) is 0. The summed E-state index contributed by atoms with van der Waals surface area (Å²) in [5, 5.41) is 1.73. The van der Waals surface area contributed by atoms with E-state index in [0.29, 0.717) is 22.6 Å². The highest BCUT2D eigenvalue weighted by Crippen LogP contribution is 2.33. The van der Waals surface area contributed by atoms with E-state index in [1.807, 2.05) is 24.3 Å². The summed E-state index contributed by atoms with van der Waals surface area (Å²) < 4.78 is 21.5. The second kappa shape index (κ2) is 10.2. The SMILES string of the molecule is C=C(C)C(=O)OCCOc1ccc(OCCOC(=O)C(=C)C)c2ccccc12. The average molecular weight is 384 g/mol. The number of fused-ring (bicyclic) bond motifs is 1. The molecule has 0 spiro atoms. The molecule has 0 N–H and O–H groups in total. The Bertz CT molecular complexity index is 811. The van der Waals surface area contributed by atoms with Crippen LogP contribution in [0.25, 0.3) is 10.8 Å². The molecule has 6 nitrogen and oxygen atoms in total. The van der Waals surface area contributed by atoms with Crippen LogP contribution in [0.15, 0.2) is 60.7 Å². The fourth-order valence-corrected chi connectivity index (χ4v) is 2.31. The lowest BCUT2D eigenvalue weighted by atomic mass is 10.1. The largest absolute Gasteiger partial charge is 0.489 e. The topological polar surface area (TPSA) is 71.1 Å². The van der Waals surface area contributed by atoms with Crippen LogP contribution in [-0.4, -0.2) is 38.4 Å². The van der Waals surface area contributed by atoms with Crippen LogP contribution in [0.1, 0.15) is 13.8 Å². The predicted octanol–water partition coefficient (Wildman–Crippen LogP) is 3.84. The molecule has 0 atom stereocenters. The molecule has 6 heteroatoms. The Morgan fingerprint density at radius 2 is 1.11 bits per heavy atom. The molecule has 2 rings (SSSR count). The van der Waals surface area contributed by atoms with Crippen LogP contribution >= 0.6 is 0 Å². The highest BCUT2D eigenvalue weighted by atomic mass is 16.6. The van der Waals surface area contributed by atoms with E-state index in [0.717, 1.165) is 10.8 Å². The van der Waals surface area contributed by atoms with Gasteiger partial charge in [0, 0.05) is 21.9 Å². The molecular formula is C22H24O6. The molecule has 0 aliphatic rings. The minimum Gasteiger partial charge on any atom is -0.489 e. The van der Waals surface area contributed by atoms with Crippen LogP contribution < -0.4 is 9.47 Å². The summed E-state index contributed by atoms with van der Waals surface area (Å²) in [7, 11) is 0. The quantitative estimate of drug-likeness (QED) is 0.352. The molecule has 0 saturated heterocycles. The maximum Gasteiger partial charge on any atom is 0.333 e. The monoisotopic (exact) mass is 384 g/mol. The molecule has 0 saturated carbocycles. The summed E-state index contributed by atoms with van der Waals surface area (Å²) in [5.41, 5.74) is 0.696. The third kappa shape index (κ3) is 5.87. The first-order valence-electron chi connectivity index (χ1n) is 8.82. The van der Waals surface area contributed by atoms with E-state index in [9.17, 15) is 9.59 Å². The molecule has 0 fully saturated rings. The van der Waals surface area contributed by atoms with Gasteiger partial charge in [-0.2, -0.15) is 0 Å². The van der Waals surface area contributed by atoms with Crippen molar-refractivity contribution in [1.82, 2.24) is 0 Å². The second-order valence-corrected chi connectivity index (χ2v) is 6.14. The fraction of sp³-hybridized carbons (Fsp3) is 0.273. The average Bonchev–Trinajstić information content (AvgIpc) is 2.68. The predicted molar refractivity (Wildman–Crippen MR) is 106 cm³/mol. The summed E-state index contributed by atoms with van der Waals surface area (Å²) in [6.07, 6.45) is 0. The van der Waals surface area contributed by atoms with Crippen molar-refractivity contribution in [2.75, 3.05) is 26.4 Å². The summed E-state index contributed by atoms with van der Waals surface area (Å²) in [6.45, 7) is 11.0.